The first kappa shape index (κ1) is 17.6. The second-order valence-corrected chi connectivity index (χ2v) is 14.2. The molecule has 0 saturated carbocycles. The molecule has 0 aromatic carbocycles. The van der Waals surface area contributed by atoms with Gasteiger partial charge in [0.15, 0.2) is 0 Å². The molecule has 0 N–H and O–H groups in total. The Kier molecular flexibility index (Phi) is 5.54. The van der Waals surface area contributed by atoms with Gasteiger partial charge in [0.2, 0.25) is 0 Å². The second kappa shape index (κ2) is 7.87. The molecule has 0 unspecified atom stereocenters. The lowest BCUT2D eigenvalue weighted by Gasteiger charge is -2.04. The first-order valence-corrected chi connectivity index (χ1v) is 13.8. The van der Waals surface area contributed by atoms with Crippen LogP contribution in [0.15, 0.2) is 63.6 Å². The molecule has 1 nitrogen and oxygen atoms in total. The third kappa shape index (κ3) is 4.03. The van der Waals surface area contributed by atoms with Crippen LogP contribution < -0.4 is 0 Å². The molecule has 0 spiro atoms. The Morgan fingerprint density at radius 1 is 0.560 bits per heavy atom. The monoisotopic (exact) mass is 472 g/mol. The molecule has 0 bridgehead atoms. The van der Waals surface area contributed by atoms with Crippen molar-refractivity contribution in [2.45, 2.75) is 0 Å². The van der Waals surface area contributed by atoms with Crippen LogP contribution in [0, 0.1) is 0 Å². The Morgan fingerprint density at radius 2 is 1.08 bits per heavy atom. The van der Waals surface area contributed by atoms with Crippen LogP contribution in [0.25, 0.3) is 12.2 Å². The number of thioether (sulfide) groups is 8. The summed E-state index contributed by atoms with van der Waals surface area (Å²) in [4.78, 5) is 0. The number of hydrogen-bond acceptors (Lipinski definition) is 9. The molecular formula is C16H8OS8. The van der Waals surface area contributed by atoms with Crippen molar-refractivity contribution in [3.05, 3.63) is 70.7 Å². The van der Waals surface area contributed by atoms with Gasteiger partial charge in [0.25, 0.3) is 0 Å². The van der Waals surface area contributed by atoms with Crippen molar-refractivity contribution < 1.29 is 4.42 Å². The van der Waals surface area contributed by atoms with Crippen LogP contribution in [0.2, 0.25) is 0 Å². The van der Waals surface area contributed by atoms with Gasteiger partial charge in [-0.15, -0.1) is 0 Å². The van der Waals surface area contributed by atoms with Crippen LogP contribution in [-0.4, -0.2) is 0 Å². The van der Waals surface area contributed by atoms with Gasteiger partial charge in [-0.05, 0) is 33.8 Å². The fourth-order valence-corrected chi connectivity index (χ4v) is 12.1. The van der Waals surface area contributed by atoms with Crippen molar-refractivity contribution in [3.63, 3.8) is 0 Å². The normalized spacial score (nSPS) is 21.9. The van der Waals surface area contributed by atoms with E-state index in [9.17, 15) is 0 Å². The Morgan fingerprint density at radius 3 is 1.72 bits per heavy atom. The Hall–Kier alpha value is 0.520. The maximum atomic E-state index is 5.94. The van der Waals surface area contributed by atoms with E-state index >= 15 is 0 Å². The standard InChI is InChI=1S/C16H8OS8/c1-2-10(17-9(1)7-11-18-3-4-19-11)8-12-22-15-16(23-12)25-14(24-15)13-20-5-6-21-13/h1-8H. The van der Waals surface area contributed by atoms with Crippen LogP contribution in [-0.2, 0) is 0 Å². The van der Waals surface area contributed by atoms with E-state index in [-0.39, 0.29) is 0 Å². The minimum atomic E-state index is 0.914. The largest absolute Gasteiger partial charge is 0.457 e. The fourth-order valence-electron chi connectivity index (χ4n) is 2.09. The van der Waals surface area contributed by atoms with Crippen LogP contribution >= 0.6 is 94.1 Å². The molecule has 5 rings (SSSR count). The van der Waals surface area contributed by atoms with Crippen molar-refractivity contribution in [1.29, 1.82) is 0 Å². The molecule has 0 atom stereocenters. The zero-order valence-corrected chi connectivity index (χ0v) is 18.8. The van der Waals surface area contributed by atoms with Gasteiger partial charge in [-0.3, -0.25) is 0 Å². The van der Waals surface area contributed by atoms with E-state index in [0.29, 0.717) is 0 Å². The third-order valence-electron chi connectivity index (χ3n) is 3.09. The summed E-state index contributed by atoms with van der Waals surface area (Å²) in [7, 11) is 0. The van der Waals surface area contributed by atoms with Crippen LogP contribution in [0.5, 0.6) is 0 Å². The molecule has 0 radical (unpaired) electrons. The zero-order chi connectivity index (χ0) is 16.6. The first-order chi connectivity index (χ1) is 12.3. The summed E-state index contributed by atoms with van der Waals surface area (Å²) >= 11 is 14.7. The predicted octanol–water partition coefficient (Wildman–Crippen LogP) is 8.99. The minimum Gasteiger partial charge on any atom is -0.457 e. The number of rotatable bonds is 2. The zero-order valence-electron chi connectivity index (χ0n) is 12.3. The quantitative estimate of drug-likeness (QED) is 0.414. The van der Waals surface area contributed by atoms with E-state index in [1.54, 1.807) is 23.5 Å². The molecule has 0 amide bonds. The van der Waals surface area contributed by atoms with E-state index in [0.717, 1.165) is 11.5 Å². The molecular weight excluding hydrogens is 465 g/mol. The van der Waals surface area contributed by atoms with Crippen molar-refractivity contribution >= 4 is 106 Å². The van der Waals surface area contributed by atoms with Crippen molar-refractivity contribution in [2.24, 2.45) is 0 Å². The van der Waals surface area contributed by atoms with Crippen LogP contribution in [0.3, 0.4) is 0 Å². The lowest BCUT2D eigenvalue weighted by atomic mass is 10.4. The lowest BCUT2D eigenvalue weighted by Crippen LogP contribution is -1.70. The maximum Gasteiger partial charge on any atom is 0.129 e. The van der Waals surface area contributed by atoms with Crippen molar-refractivity contribution in [3.8, 4) is 0 Å². The molecule has 0 aliphatic carbocycles. The van der Waals surface area contributed by atoms with Gasteiger partial charge in [0.1, 0.15) is 11.5 Å². The van der Waals surface area contributed by atoms with E-state index in [4.69, 9.17) is 4.42 Å². The average Bonchev–Trinajstić information content (AvgIpc) is 3.38. The van der Waals surface area contributed by atoms with Crippen molar-refractivity contribution in [2.75, 3.05) is 0 Å². The van der Waals surface area contributed by atoms with Gasteiger partial charge >= 0.3 is 0 Å². The van der Waals surface area contributed by atoms with E-state index < -0.39 is 0 Å². The second-order valence-electron chi connectivity index (χ2n) is 4.74. The molecule has 126 valence electrons. The molecule has 0 saturated heterocycles. The van der Waals surface area contributed by atoms with Gasteiger partial charge in [-0.2, -0.15) is 0 Å². The molecule has 9 heteroatoms. The molecule has 0 fully saturated rings. The topological polar surface area (TPSA) is 13.1 Å². The maximum absolute atomic E-state index is 5.94. The van der Waals surface area contributed by atoms with Gasteiger partial charge < -0.3 is 4.42 Å². The Bertz CT molecular complexity index is 872. The highest BCUT2D eigenvalue weighted by molar-refractivity contribution is 8.49. The molecule has 1 aromatic rings. The molecule has 5 heterocycles. The average molecular weight is 473 g/mol. The summed E-state index contributed by atoms with van der Waals surface area (Å²) in [6.45, 7) is 0. The third-order valence-corrected chi connectivity index (χ3v) is 13.2. The van der Waals surface area contributed by atoms with Gasteiger partial charge in [-0.25, -0.2) is 0 Å². The molecule has 1 aromatic heterocycles. The highest BCUT2D eigenvalue weighted by Gasteiger charge is 2.32. The van der Waals surface area contributed by atoms with Gasteiger partial charge in [-0.1, -0.05) is 94.1 Å². The fraction of sp³-hybridized carbons (Fsp3) is 0. The number of furan rings is 1. The summed E-state index contributed by atoms with van der Waals surface area (Å²) in [5.74, 6) is 1.83. The molecule has 4 aliphatic rings. The SMILES string of the molecule is C1=CSC(=Cc2ccc(C=C3SC4=C(S3)SC(=C3SC=CS3)S4)o2)S1. The first-order valence-electron chi connectivity index (χ1n) is 7.03. The summed E-state index contributed by atoms with van der Waals surface area (Å²) in [5, 5.41) is 8.51. The summed E-state index contributed by atoms with van der Waals surface area (Å²) in [5.41, 5.74) is 0. The number of hydrogen-bond donors (Lipinski definition) is 0. The van der Waals surface area contributed by atoms with Crippen LogP contribution in [0.1, 0.15) is 11.5 Å². The Labute approximate surface area is 179 Å². The van der Waals surface area contributed by atoms with Crippen LogP contribution in [0.4, 0.5) is 0 Å². The molecule has 25 heavy (non-hydrogen) atoms. The smallest absolute Gasteiger partial charge is 0.129 e. The van der Waals surface area contributed by atoms with Crippen molar-refractivity contribution in [1.82, 2.24) is 0 Å². The highest BCUT2D eigenvalue weighted by atomic mass is 32.3. The highest BCUT2D eigenvalue weighted by Crippen LogP contribution is 2.68. The van der Waals surface area contributed by atoms with E-state index in [1.807, 2.05) is 82.7 Å². The lowest BCUT2D eigenvalue weighted by molar-refractivity contribution is 0.547. The predicted molar refractivity (Wildman–Crippen MR) is 128 cm³/mol. The minimum absolute atomic E-state index is 0.914. The molecule has 4 aliphatic heterocycles. The van der Waals surface area contributed by atoms with E-state index in [1.165, 1.54) is 25.4 Å². The Balaban J connectivity index is 1.25. The summed E-state index contributed by atoms with van der Waals surface area (Å²) in [6, 6.07) is 4.09. The summed E-state index contributed by atoms with van der Waals surface area (Å²) < 4.78 is 14.2. The van der Waals surface area contributed by atoms with E-state index in [2.05, 4.69) is 33.8 Å². The van der Waals surface area contributed by atoms with Gasteiger partial charge in [0, 0.05) is 12.2 Å². The summed E-state index contributed by atoms with van der Waals surface area (Å²) in [6.07, 6.45) is 4.25. The van der Waals surface area contributed by atoms with Gasteiger partial charge in [0.05, 0.1) is 25.4 Å².